The van der Waals surface area contributed by atoms with Gasteiger partial charge in [-0.3, -0.25) is 4.90 Å². The van der Waals surface area contributed by atoms with Gasteiger partial charge in [0, 0.05) is 31.2 Å². The van der Waals surface area contributed by atoms with Crippen molar-refractivity contribution in [3.05, 3.63) is 35.4 Å². The summed E-state index contributed by atoms with van der Waals surface area (Å²) in [4.78, 5) is 2.30. The van der Waals surface area contributed by atoms with Crippen molar-refractivity contribution in [2.75, 3.05) is 13.1 Å². The van der Waals surface area contributed by atoms with E-state index in [4.69, 9.17) is 0 Å². The van der Waals surface area contributed by atoms with Crippen molar-refractivity contribution in [1.82, 2.24) is 10.2 Å². The van der Waals surface area contributed by atoms with Crippen LogP contribution in [-0.4, -0.2) is 29.6 Å². The van der Waals surface area contributed by atoms with Gasteiger partial charge in [0.25, 0.3) is 0 Å². The molecule has 1 aromatic carbocycles. The highest BCUT2D eigenvalue weighted by Gasteiger charge is 2.31. The second kappa shape index (κ2) is 5.37. The minimum absolute atomic E-state index is 0.0401. The molecule has 20 heavy (non-hydrogen) atoms. The highest BCUT2D eigenvalue weighted by Crippen LogP contribution is 2.29. The van der Waals surface area contributed by atoms with E-state index in [0.717, 1.165) is 30.8 Å². The molecule has 2 rings (SSSR count). The van der Waals surface area contributed by atoms with E-state index in [1.807, 2.05) is 0 Å². The number of nitrogens with zero attached hydrogens (tertiary/aromatic N) is 1. The Bertz CT molecular complexity index is 451. The molecule has 2 nitrogen and oxygen atoms in total. The van der Waals surface area contributed by atoms with Gasteiger partial charge in [0.2, 0.25) is 0 Å². The van der Waals surface area contributed by atoms with Crippen molar-refractivity contribution in [3.8, 4) is 0 Å². The van der Waals surface area contributed by atoms with Crippen LogP contribution in [0.15, 0.2) is 24.3 Å². The predicted octanol–water partition coefficient (Wildman–Crippen LogP) is 3.28. The van der Waals surface area contributed by atoms with Gasteiger partial charge in [0.1, 0.15) is 0 Å². The first-order valence-electron chi connectivity index (χ1n) is 6.83. The van der Waals surface area contributed by atoms with Gasteiger partial charge in [-0.2, -0.15) is 13.2 Å². The van der Waals surface area contributed by atoms with Gasteiger partial charge >= 0.3 is 6.18 Å². The van der Waals surface area contributed by atoms with Gasteiger partial charge in [-0.15, -0.1) is 0 Å². The maximum Gasteiger partial charge on any atom is 0.416 e. The summed E-state index contributed by atoms with van der Waals surface area (Å²) in [5.74, 6) is 0. The van der Waals surface area contributed by atoms with E-state index < -0.39 is 11.7 Å². The van der Waals surface area contributed by atoms with E-state index in [9.17, 15) is 13.2 Å². The Balaban J connectivity index is 2.06. The number of benzene rings is 1. The number of hydrogen-bond donors (Lipinski definition) is 1. The summed E-state index contributed by atoms with van der Waals surface area (Å²) >= 11 is 0. The Morgan fingerprint density at radius 1 is 1.25 bits per heavy atom. The Morgan fingerprint density at radius 2 is 1.85 bits per heavy atom. The predicted molar refractivity (Wildman–Crippen MR) is 73.4 cm³/mol. The molecule has 0 bridgehead atoms. The van der Waals surface area contributed by atoms with E-state index >= 15 is 0 Å². The number of piperazine rings is 1. The number of nitrogens with one attached hydrogen (secondary N) is 1. The summed E-state index contributed by atoms with van der Waals surface area (Å²) in [6.07, 6.45) is -4.26. The average Bonchev–Trinajstić information content (AvgIpc) is 2.33. The summed E-state index contributed by atoms with van der Waals surface area (Å²) in [5.41, 5.74) is 0.371. The second-order valence-corrected chi connectivity index (χ2v) is 6.21. The van der Waals surface area contributed by atoms with Crippen LogP contribution in [0.1, 0.15) is 31.9 Å². The van der Waals surface area contributed by atoms with E-state index in [1.165, 1.54) is 0 Å². The highest BCUT2D eigenvalue weighted by molar-refractivity contribution is 5.24. The first-order chi connectivity index (χ1) is 9.17. The molecule has 0 radical (unpaired) electrons. The van der Waals surface area contributed by atoms with Crippen molar-refractivity contribution >= 4 is 0 Å². The first-order valence-corrected chi connectivity index (χ1v) is 6.83. The van der Waals surface area contributed by atoms with E-state index in [-0.39, 0.29) is 5.54 Å². The van der Waals surface area contributed by atoms with Gasteiger partial charge in [-0.05, 0) is 38.5 Å². The molecule has 1 heterocycles. The van der Waals surface area contributed by atoms with Crippen molar-refractivity contribution in [3.63, 3.8) is 0 Å². The second-order valence-electron chi connectivity index (χ2n) is 6.21. The minimum atomic E-state index is -4.26. The fraction of sp³-hybridized carbons (Fsp3) is 0.600. The Labute approximate surface area is 118 Å². The van der Waals surface area contributed by atoms with Crippen LogP contribution in [0.2, 0.25) is 0 Å². The van der Waals surface area contributed by atoms with Crippen LogP contribution in [0.5, 0.6) is 0 Å². The largest absolute Gasteiger partial charge is 0.416 e. The van der Waals surface area contributed by atoms with Crippen molar-refractivity contribution < 1.29 is 13.2 Å². The zero-order chi connectivity index (χ0) is 15.0. The van der Waals surface area contributed by atoms with Crippen molar-refractivity contribution in [2.24, 2.45) is 0 Å². The van der Waals surface area contributed by atoms with E-state index in [1.54, 1.807) is 12.1 Å². The fourth-order valence-corrected chi connectivity index (χ4v) is 2.52. The molecule has 0 aromatic heterocycles. The van der Waals surface area contributed by atoms with Crippen LogP contribution >= 0.6 is 0 Å². The number of hydrogen-bond acceptors (Lipinski definition) is 2. The number of alkyl halides is 3. The first kappa shape index (κ1) is 15.3. The van der Waals surface area contributed by atoms with Gasteiger partial charge in [-0.25, -0.2) is 0 Å². The van der Waals surface area contributed by atoms with Crippen LogP contribution in [0, 0.1) is 0 Å². The Kier molecular flexibility index (Phi) is 4.12. The van der Waals surface area contributed by atoms with Crippen LogP contribution < -0.4 is 5.32 Å². The van der Waals surface area contributed by atoms with Gasteiger partial charge in [-0.1, -0.05) is 12.1 Å². The number of rotatable bonds is 2. The number of halogens is 3. The molecule has 0 aliphatic carbocycles. The normalized spacial score (nSPS) is 23.8. The molecular formula is C15H21F3N2. The third-order valence-electron chi connectivity index (χ3n) is 3.76. The summed E-state index contributed by atoms with van der Waals surface area (Å²) < 4.78 is 37.6. The molecule has 5 heteroatoms. The monoisotopic (exact) mass is 286 g/mol. The topological polar surface area (TPSA) is 15.3 Å². The molecule has 1 aliphatic rings. The molecule has 1 aliphatic heterocycles. The van der Waals surface area contributed by atoms with Gasteiger partial charge in [0.05, 0.1) is 5.56 Å². The maximum atomic E-state index is 12.5. The van der Waals surface area contributed by atoms with E-state index in [2.05, 4.69) is 31.0 Å². The summed E-state index contributed by atoms with van der Waals surface area (Å²) in [6.45, 7) is 8.87. The SMILES string of the molecule is CC1CNC(C)(C)CN1Cc1ccc(C(F)(F)F)cc1. The lowest BCUT2D eigenvalue weighted by Crippen LogP contribution is -2.60. The summed E-state index contributed by atoms with van der Waals surface area (Å²) in [5, 5.41) is 3.46. The third kappa shape index (κ3) is 3.73. The van der Waals surface area contributed by atoms with Gasteiger partial charge < -0.3 is 5.32 Å². The lowest BCUT2D eigenvalue weighted by molar-refractivity contribution is -0.137. The molecule has 1 aromatic rings. The molecule has 1 unspecified atom stereocenters. The quantitative estimate of drug-likeness (QED) is 0.897. The summed E-state index contributed by atoms with van der Waals surface area (Å²) in [7, 11) is 0. The molecule has 0 saturated carbocycles. The molecule has 1 fully saturated rings. The molecule has 0 amide bonds. The molecular weight excluding hydrogens is 265 g/mol. The van der Waals surface area contributed by atoms with Crippen LogP contribution in [0.4, 0.5) is 13.2 Å². The molecule has 1 atom stereocenters. The Hall–Kier alpha value is -1.07. The lowest BCUT2D eigenvalue weighted by atomic mass is 9.98. The zero-order valence-electron chi connectivity index (χ0n) is 12.1. The zero-order valence-corrected chi connectivity index (χ0v) is 12.1. The molecule has 1 saturated heterocycles. The average molecular weight is 286 g/mol. The Morgan fingerprint density at radius 3 is 2.40 bits per heavy atom. The molecule has 1 N–H and O–H groups in total. The van der Waals surface area contributed by atoms with Crippen LogP contribution in [-0.2, 0) is 12.7 Å². The fourth-order valence-electron chi connectivity index (χ4n) is 2.52. The van der Waals surface area contributed by atoms with Gasteiger partial charge in [0.15, 0.2) is 0 Å². The van der Waals surface area contributed by atoms with Crippen molar-refractivity contribution in [2.45, 2.75) is 45.1 Å². The summed E-state index contributed by atoms with van der Waals surface area (Å²) in [6, 6.07) is 5.85. The standard InChI is InChI=1S/C15H21F3N2/c1-11-8-19-14(2,3)10-20(11)9-12-4-6-13(7-5-12)15(16,17)18/h4-7,11,19H,8-10H2,1-3H3. The smallest absolute Gasteiger partial charge is 0.309 e. The lowest BCUT2D eigenvalue weighted by Gasteiger charge is -2.43. The molecule has 112 valence electrons. The highest BCUT2D eigenvalue weighted by atomic mass is 19.4. The van der Waals surface area contributed by atoms with E-state index in [0.29, 0.717) is 12.6 Å². The van der Waals surface area contributed by atoms with Crippen molar-refractivity contribution in [1.29, 1.82) is 0 Å². The van der Waals surface area contributed by atoms with Crippen LogP contribution in [0.3, 0.4) is 0 Å². The molecule has 0 spiro atoms. The third-order valence-corrected chi connectivity index (χ3v) is 3.76. The maximum absolute atomic E-state index is 12.5. The van der Waals surface area contributed by atoms with Crippen LogP contribution in [0.25, 0.3) is 0 Å². The minimum Gasteiger partial charge on any atom is -0.309 e.